The van der Waals surface area contributed by atoms with Gasteiger partial charge in [0.2, 0.25) is 0 Å². The van der Waals surface area contributed by atoms with Gasteiger partial charge in [0.25, 0.3) is 5.91 Å². The molecular formula is C21H16ClN3O2S. The Kier molecular flexibility index (Phi) is 5.23. The molecular weight excluding hydrogens is 394 g/mol. The minimum atomic E-state index is -0.159. The summed E-state index contributed by atoms with van der Waals surface area (Å²) in [7, 11) is 1.62. The summed E-state index contributed by atoms with van der Waals surface area (Å²) in [5.74, 6) is 0.568. The van der Waals surface area contributed by atoms with E-state index >= 15 is 0 Å². The number of carbonyl (C=O) groups excluding carboxylic acids is 1. The molecule has 0 aliphatic rings. The van der Waals surface area contributed by atoms with E-state index < -0.39 is 0 Å². The number of rotatable bonds is 5. The van der Waals surface area contributed by atoms with E-state index in [0.29, 0.717) is 22.3 Å². The molecule has 2 heterocycles. The van der Waals surface area contributed by atoms with Crippen molar-refractivity contribution in [2.24, 2.45) is 0 Å². The molecule has 140 valence electrons. The van der Waals surface area contributed by atoms with Crippen molar-refractivity contribution in [2.75, 3.05) is 12.0 Å². The van der Waals surface area contributed by atoms with Crippen molar-refractivity contribution in [3.8, 4) is 5.75 Å². The molecule has 2 aromatic heterocycles. The van der Waals surface area contributed by atoms with E-state index in [9.17, 15) is 4.79 Å². The monoisotopic (exact) mass is 409 g/mol. The van der Waals surface area contributed by atoms with Crippen molar-refractivity contribution in [1.82, 2.24) is 9.97 Å². The fourth-order valence-electron chi connectivity index (χ4n) is 2.77. The molecule has 0 aliphatic carbocycles. The molecule has 28 heavy (non-hydrogen) atoms. The number of halogens is 1. The van der Waals surface area contributed by atoms with Gasteiger partial charge in [-0.05, 0) is 48.5 Å². The fraction of sp³-hybridized carbons (Fsp3) is 0.0952. The van der Waals surface area contributed by atoms with Crippen molar-refractivity contribution < 1.29 is 9.53 Å². The van der Waals surface area contributed by atoms with Crippen LogP contribution in [0.4, 0.5) is 5.13 Å². The summed E-state index contributed by atoms with van der Waals surface area (Å²) >= 11 is 7.42. The number of pyridine rings is 1. The highest BCUT2D eigenvalue weighted by atomic mass is 35.5. The van der Waals surface area contributed by atoms with Gasteiger partial charge >= 0.3 is 0 Å². The van der Waals surface area contributed by atoms with Crippen molar-refractivity contribution in [3.63, 3.8) is 0 Å². The highest BCUT2D eigenvalue weighted by Crippen LogP contribution is 2.32. The second-order valence-electron chi connectivity index (χ2n) is 6.05. The quantitative estimate of drug-likeness (QED) is 0.454. The van der Waals surface area contributed by atoms with Crippen LogP contribution in [0.25, 0.3) is 10.2 Å². The highest BCUT2D eigenvalue weighted by Gasteiger charge is 2.22. The number of hydrogen-bond acceptors (Lipinski definition) is 5. The maximum absolute atomic E-state index is 13.3. The molecule has 7 heteroatoms. The summed E-state index contributed by atoms with van der Waals surface area (Å²) < 4.78 is 6.25. The third kappa shape index (κ3) is 3.83. The average molecular weight is 410 g/mol. The van der Waals surface area contributed by atoms with Crippen LogP contribution in [-0.4, -0.2) is 23.0 Å². The number of hydrogen-bond donors (Lipinski definition) is 0. The number of thiazole rings is 1. The minimum Gasteiger partial charge on any atom is -0.497 e. The van der Waals surface area contributed by atoms with Gasteiger partial charge < -0.3 is 4.74 Å². The van der Waals surface area contributed by atoms with Crippen molar-refractivity contribution in [1.29, 1.82) is 0 Å². The fourth-order valence-corrected chi connectivity index (χ4v) is 3.84. The maximum atomic E-state index is 13.3. The van der Waals surface area contributed by atoms with E-state index in [4.69, 9.17) is 16.3 Å². The number of ether oxygens (including phenoxy) is 1. The Hall–Kier alpha value is -2.96. The smallest absolute Gasteiger partial charge is 0.260 e. The van der Waals surface area contributed by atoms with Gasteiger partial charge in [-0.25, -0.2) is 4.98 Å². The molecule has 4 aromatic rings. The van der Waals surface area contributed by atoms with Crippen LogP contribution >= 0.6 is 22.9 Å². The van der Waals surface area contributed by atoms with Crippen LogP contribution in [0.15, 0.2) is 66.9 Å². The number of fused-ring (bicyclic) bond motifs is 1. The van der Waals surface area contributed by atoms with Crippen LogP contribution in [0.5, 0.6) is 5.75 Å². The SMILES string of the molecule is COc1ccc2sc(N(Cc3ccccn3)C(=O)c3ccc(Cl)cc3)nc2c1. The Morgan fingerprint density at radius 1 is 1.14 bits per heavy atom. The van der Waals surface area contributed by atoms with E-state index in [2.05, 4.69) is 9.97 Å². The Balaban J connectivity index is 1.75. The number of anilines is 1. The first-order valence-corrected chi connectivity index (χ1v) is 9.75. The van der Waals surface area contributed by atoms with Crippen LogP contribution in [-0.2, 0) is 6.54 Å². The summed E-state index contributed by atoms with van der Waals surface area (Å²) in [6.07, 6.45) is 1.71. The minimum absolute atomic E-state index is 0.159. The summed E-state index contributed by atoms with van der Waals surface area (Å²) in [5.41, 5.74) is 2.10. The third-order valence-electron chi connectivity index (χ3n) is 4.20. The first-order valence-electron chi connectivity index (χ1n) is 8.56. The van der Waals surface area contributed by atoms with E-state index in [1.807, 2.05) is 36.4 Å². The number of amides is 1. The molecule has 0 N–H and O–H groups in total. The maximum Gasteiger partial charge on any atom is 0.260 e. The molecule has 0 unspecified atom stereocenters. The highest BCUT2D eigenvalue weighted by molar-refractivity contribution is 7.22. The Labute approximate surface area is 171 Å². The molecule has 2 aromatic carbocycles. The zero-order chi connectivity index (χ0) is 19.5. The van der Waals surface area contributed by atoms with Crippen LogP contribution in [0.2, 0.25) is 5.02 Å². The summed E-state index contributed by atoms with van der Waals surface area (Å²) in [5, 5.41) is 1.19. The lowest BCUT2D eigenvalue weighted by Gasteiger charge is -2.19. The molecule has 0 saturated carbocycles. The second-order valence-corrected chi connectivity index (χ2v) is 7.49. The molecule has 0 bridgehead atoms. The van der Waals surface area contributed by atoms with Crippen molar-refractivity contribution in [2.45, 2.75) is 6.54 Å². The lowest BCUT2D eigenvalue weighted by molar-refractivity contribution is 0.0985. The zero-order valence-corrected chi connectivity index (χ0v) is 16.6. The topological polar surface area (TPSA) is 55.3 Å². The Bertz CT molecular complexity index is 1110. The largest absolute Gasteiger partial charge is 0.497 e. The molecule has 4 rings (SSSR count). The van der Waals surface area contributed by atoms with Gasteiger partial charge in [-0.2, -0.15) is 0 Å². The molecule has 5 nitrogen and oxygen atoms in total. The van der Waals surface area contributed by atoms with Gasteiger partial charge in [0.1, 0.15) is 5.75 Å². The van der Waals surface area contributed by atoms with Gasteiger partial charge in [-0.1, -0.05) is 29.0 Å². The summed E-state index contributed by atoms with van der Waals surface area (Å²) in [4.78, 5) is 23.9. The molecule has 0 aliphatic heterocycles. The first-order chi connectivity index (χ1) is 13.6. The normalized spacial score (nSPS) is 10.8. The zero-order valence-electron chi connectivity index (χ0n) is 15.0. The van der Waals surface area contributed by atoms with Crippen LogP contribution in [0, 0.1) is 0 Å². The van der Waals surface area contributed by atoms with E-state index in [0.717, 1.165) is 21.7 Å². The Morgan fingerprint density at radius 3 is 2.68 bits per heavy atom. The second kappa shape index (κ2) is 7.96. The van der Waals surface area contributed by atoms with Gasteiger partial charge in [0, 0.05) is 22.8 Å². The van der Waals surface area contributed by atoms with Gasteiger partial charge in [-0.15, -0.1) is 0 Å². The third-order valence-corrected chi connectivity index (χ3v) is 5.51. The molecule has 0 spiro atoms. The molecule has 0 fully saturated rings. The van der Waals surface area contributed by atoms with Crippen LogP contribution in [0.3, 0.4) is 0 Å². The van der Waals surface area contributed by atoms with Crippen LogP contribution in [0.1, 0.15) is 16.1 Å². The van der Waals surface area contributed by atoms with Gasteiger partial charge in [0.15, 0.2) is 5.13 Å². The lowest BCUT2D eigenvalue weighted by Crippen LogP contribution is -2.30. The molecule has 1 amide bonds. The number of nitrogens with zero attached hydrogens (tertiary/aromatic N) is 3. The van der Waals surface area contributed by atoms with Crippen molar-refractivity contribution >= 4 is 44.2 Å². The molecule has 0 atom stereocenters. The molecule has 0 saturated heterocycles. The van der Waals surface area contributed by atoms with E-state index in [1.165, 1.54) is 11.3 Å². The average Bonchev–Trinajstić information content (AvgIpc) is 3.15. The van der Waals surface area contributed by atoms with Crippen molar-refractivity contribution in [3.05, 3.63) is 83.1 Å². The van der Waals surface area contributed by atoms with Crippen LogP contribution < -0.4 is 9.64 Å². The predicted octanol–water partition coefficient (Wildman–Crippen LogP) is 5.20. The standard InChI is InChI=1S/C21H16ClN3O2S/c1-27-17-9-10-19-18(12-17)24-21(28-19)25(13-16-4-2-3-11-23-16)20(26)14-5-7-15(22)8-6-14/h2-12H,13H2,1H3. The van der Waals surface area contributed by atoms with E-state index in [-0.39, 0.29) is 5.91 Å². The summed E-state index contributed by atoms with van der Waals surface area (Å²) in [6.45, 7) is 0.319. The number of benzene rings is 2. The first kappa shape index (κ1) is 18.4. The predicted molar refractivity (Wildman–Crippen MR) is 112 cm³/mol. The number of methoxy groups -OCH3 is 1. The van der Waals surface area contributed by atoms with Gasteiger partial charge in [-0.3, -0.25) is 14.7 Å². The molecule has 0 radical (unpaired) electrons. The number of carbonyl (C=O) groups is 1. The number of aromatic nitrogens is 2. The van der Waals surface area contributed by atoms with Gasteiger partial charge in [0.05, 0.1) is 29.6 Å². The lowest BCUT2D eigenvalue weighted by atomic mass is 10.2. The Morgan fingerprint density at radius 2 is 1.96 bits per heavy atom. The van der Waals surface area contributed by atoms with E-state index in [1.54, 1.807) is 42.5 Å². The summed E-state index contributed by atoms with van der Waals surface area (Å²) in [6, 6.07) is 18.2.